The Bertz CT molecular complexity index is 1160. The summed E-state index contributed by atoms with van der Waals surface area (Å²) in [5, 5.41) is 11.5. The Morgan fingerprint density at radius 3 is 2.71 bits per heavy atom. The lowest BCUT2D eigenvalue weighted by Gasteiger charge is -2.11. The highest BCUT2D eigenvalue weighted by Gasteiger charge is 2.17. The third-order valence-corrected chi connectivity index (χ3v) is 4.53. The molecule has 0 fully saturated rings. The van der Waals surface area contributed by atoms with Crippen molar-refractivity contribution in [2.24, 2.45) is 0 Å². The molecule has 0 saturated carbocycles. The van der Waals surface area contributed by atoms with Crippen molar-refractivity contribution in [2.45, 2.75) is 6.54 Å². The van der Waals surface area contributed by atoms with Gasteiger partial charge in [0.15, 0.2) is 17.2 Å². The molecular formula is C20H15ClF2N4O. The van der Waals surface area contributed by atoms with Crippen molar-refractivity contribution in [1.82, 2.24) is 20.5 Å². The molecule has 4 aromatic rings. The minimum atomic E-state index is -0.809. The van der Waals surface area contributed by atoms with E-state index < -0.39 is 11.6 Å². The monoisotopic (exact) mass is 400 g/mol. The average Bonchev–Trinajstić information content (AvgIpc) is 3.07. The Morgan fingerprint density at radius 1 is 1.14 bits per heavy atom. The summed E-state index contributed by atoms with van der Waals surface area (Å²) in [5.74, 6) is -1.42. The standard InChI is InChI=1S/C20H15ClF2N4O/c1-24-10-11-8-14-18(13-4-2-3-5-15(13)21)26-27-19(14)25-20(11)28-17-7-6-12(22)9-16(17)23/h2-9,24H,10H2,1H3,(H,25,26,27). The van der Waals surface area contributed by atoms with E-state index in [2.05, 4.69) is 20.5 Å². The van der Waals surface area contributed by atoms with E-state index in [1.54, 1.807) is 13.1 Å². The lowest BCUT2D eigenvalue weighted by Crippen LogP contribution is -2.07. The molecule has 2 N–H and O–H groups in total. The first-order valence-electron chi connectivity index (χ1n) is 8.47. The summed E-state index contributed by atoms with van der Waals surface area (Å²) < 4.78 is 32.8. The zero-order chi connectivity index (χ0) is 19.7. The van der Waals surface area contributed by atoms with Gasteiger partial charge in [-0.1, -0.05) is 29.8 Å². The van der Waals surface area contributed by atoms with Gasteiger partial charge in [0.25, 0.3) is 0 Å². The first kappa shape index (κ1) is 18.3. The Hall–Kier alpha value is -3.03. The number of hydrogen-bond acceptors (Lipinski definition) is 4. The fourth-order valence-corrected chi connectivity index (χ4v) is 3.13. The van der Waals surface area contributed by atoms with Crippen molar-refractivity contribution in [3.05, 3.63) is 70.8 Å². The van der Waals surface area contributed by atoms with Gasteiger partial charge in [-0.25, -0.2) is 8.78 Å². The number of aromatic amines is 1. The molecule has 4 rings (SSSR count). The first-order valence-corrected chi connectivity index (χ1v) is 8.85. The van der Waals surface area contributed by atoms with Crippen molar-refractivity contribution >= 4 is 22.6 Å². The molecule has 28 heavy (non-hydrogen) atoms. The Kier molecular flexibility index (Phi) is 4.93. The van der Waals surface area contributed by atoms with E-state index in [4.69, 9.17) is 16.3 Å². The van der Waals surface area contributed by atoms with E-state index in [0.717, 1.165) is 28.8 Å². The highest BCUT2D eigenvalue weighted by Crippen LogP contribution is 2.34. The van der Waals surface area contributed by atoms with Crippen molar-refractivity contribution < 1.29 is 13.5 Å². The zero-order valence-corrected chi connectivity index (χ0v) is 15.5. The van der Waals surface area contributed by atoms with Crippen LogP contribution in [0.4, 0.5) is 8.78 Å². The molecule has 0 saturated heterocycles. The van der Waals surface area contributed by atoms with E-state index in [-0.39, 0.29) is 11.6 Å². The molecule has 0 bridgehead atoms. The second-order valence-electron chi connectivity index (χ2n) is 6.11. The number of hydrogen-bond donors (Lipinski definition) is 2. The lowest BCUT2D eigenvalue weighted by molar-refractivity contribution is 0.419. The summed E-state index contributed by atoms with van der Waals surface area (Å²) in [6.45, 7) is 0.425. The number of ether oxygens (including phenoxy) is 1. The summed E-state index contributed by atoms with van der Waals surface area (Å²) in [4.78, 5) is 4.42. The summed E-state index contributed by atoms with van der Waals surface area (Å²) in [5.41, 5.74) is 2.60. The SMILES string of the molecule is CNCc1cc2c(-c3ccccc3Cl)[nH]nc2nc1Oc1ccc(F)cc1F. The molecule has 142 valence electrons. The van der Waals surface area contributed by atoms with Crippen LogP contribution in [0.3, 0.4) is 0 Å². The molecule has 2 heterocycles. The van der Waals surface area contributed by atoms with Crippen LogP contribution < -0.4 is 10.1 Å². The predicted octanol–water partition coefficient (Wildman–Crippen LogP) is 5.07. The van der Waals surface area contributed by atoms with Crippen LogP contribution in [0.2, 0.25) is 5.02 Å². The molecule has 0 amide bonds. The van der Waals surface area contributed by atoms with Crippen LogP contribution in [0.5, 0.6) is 11.6 Å². The van der Waals surface area contributed by atoms with E-state index in [1.165, 1.54) is 6.07 Å². The third kappa shape index (κ3) is 3.42. The Morgan fingerprint density at radius 2 is 1.96 bits per heavy atom. The second-order valence-corrected chi connectivity index (χ2v) is 6.52. The number of pyridine rings is 1. The fourth-order valence-electron chi connectivity index (χ4n) is 2.90. The van der Waals surface area contributed by atoms with Crippen molar-refractivity contribution in [3.8, 4) is 22.9 Å². The normalized spacial score (nSPS) is 11.1. The van der Waals surface area contributed by atoms with E-state index in [9.17, 15) is 8.78 Å². The Balaban J connectivity index is 1.82. The lowest BCUT2D eigenvalue weighted by atomic mass is 10.1. The maximum Gasteiger partial charge on any atom is 0.226 e. The molecule has 0 unspecified atom stereocenters. The smallest absolute Gasteiger partial charge is 0.226 e. The molecule has 5 nitrogen and oxygen atoms in total. The van der Waals surface area contributed by atoms with Gasteiger partial charge >= 0.3 is 0 Å². The van der Waals surface area contributed by atoms with Gasteiger partial charge in [-0.05, 0) is 31.3 Å². The molecule has 2 aromatic carbocycles. The van der Waals surface area contributed by atoms with Crippen LogP contribution >= 0.6 is 11.6 Å². The van der Waals surface area contributed by atoms with Crippen LogP contribution in [-0.2, 0) is 6.54 Å². The van der Waals surface area contributed by atoms with Gasteiger partial charge in [-0.3, -0.25) is 5.10 Å². The summed E-state index contributed by atoms with van der Waals surface area (Å²) in [6.07, 6.45) is 0. The largest absolute Gasteiger partial charge is 0.436 e. The number of halogens is 3. The molecule has 2 aromatic heterocycles. The average molecular weight is 401 g/mol. The summed E-state index contributed by atoms with van der Waals surface area (Å²) in [7, 11) is 1.77. The topological polar surface area (TPSA) is 62.8 Å². The maximum absolute atomic E-state index is 14.0. The van der Waals surface area contributed by atoms with Crippen molar-refractivity contribution in [3.63, 3.8) is 0 Å². The molecule has 0 atom stereocenters. The van der Waals surface area contributed by atoms with Gasteiger partial charge < -0.3 is 10.1 Å². The second kappa shape index (κ2) is 7.53. The number of rotatable bonds is 5. The molecule has 0 radical (unpaired) electrons. The zero-order valence-electron chi connectivity index (χ0n) is 14.8. The van der Waals surface area contributed by atoms with Gasteiger partial charge in [-0.15, -0.1) is 0 Å². The molecular weight excluding hydrogens is 386 g/mol. The van der Waals surface area contributed by atoms with E-state index in [0.29, 0.717) is 22.8 Å². The van der Waals surface area contributed by atoms with Crippen LogP contribution in [0, 0.1) is 11.6 Å². The first-order chi connectivity index (χ1) is 13.6. The Labute approximate surface area is 164 Å². The number of H-pyrrole nitrogens is 1. The molecule has 0 aliphatic carbocycles. The number of nitrogens with zero attached hydrogens (tertiary/aromatic N) is 2. The number of benzene rings is 2. The highest BCUT2D eigenvalue weighted by atomic mass is 35.5. The minimum Gasteiger partial charge on any atom is -0.436 e. The van der Waals surface area contributed by atoms with Gasteiger partial charge in [0.2, 0.25) is 5.88 Å². The summed E-state index contributed by atoms with van der Waals surface area (Å²) >= 11 is 6.31. The fraction of sp³-hybridized carbons (Fsp3) is 0.100. The maximum atomic E-state index is 14.0. The van der Waals surface area contributed by atoms with Crippen molar-refractivity contribution in [1.29, 1.82) is 0 Å². The molecule has 8 heteroatoms. The number of nitrogens with one attached hydrogen (secondary N) is 2. The van der Waals surface area contributed by atoms with Crippen LogP contribution in [0.1, 0.15) is 5.56 Å². The number of aromatic nitrogens is 3. The van der Waals surface area contributed by atoms with Crippen LogP contribution in [0.25, 0.3) is 22.3 Å². The number of fused-ring (bicyclic) bond motifs is 1. The van der Waals surface area contributed by atoms with E-state index >= 15 is 0 Å². The van der Waals surface area contributed by atoms with Crippen LogP contribution in [0.15, 0.2) is 48.5 Å². The van der Waals surface area contributed by atoms with Gasteiger partial charge in [0, 0.05) is 34.1 Å². The van der Waals surface area contributed by atoms with E-state index in [1.807, 2.05) is 24.3 Å². The molecule has 0 aliphatic heterocycles. The third-order valence-electron chi connectivity index (χ3n) is 4.20. The van der Waals surface area contributed by atoms with Gasteiger partial charge in [-0.2, -0.15) is 10.1 Å². The van der Waals surface area contributed by atoms with Gasteiger partial charge in [0.1, 0.15) is 5.82 Å². The molecule has 0 aliphatic rings. The van der Waals surface area contributed by atoms with Crippen LogP contribution in [-0.4, -0.2) is 22.2 Å². The summed E-state index contributed by atoms with van der Waals surface area (Å²) in [6, 6.07) is 12.4. The highest BCUT2D eigenvalue weighted by molar-refractivity contribution is 6.33. The quantitative estimate of drug-likeness (QED) is 0.491. The predicted molar refractivity (Wildman–Crippen MR) is 104 cm³/mol. The van der Waals surface area contributed by atoms with Gasteiger partial charge in [0.05, 0.1) is 5.69 Å². The molecule has 0 spiro atoms. The minimum absolute atomic E-state index is 0.118. The van der Waals surface area contributed by atoms with Crippen molar-refractivity contribution in [2.75, 3.05) is 7.05 Å².